The van der Waals surface area contributed by atoms with Crippen LogP contribution in [0, 0.1) is 5.82 Å². The topological polar surface area (TPSA) is 32.7 Å². The van der Waals surface area contributed by atoms with Crippen LogP contribution in [0.5, 0.6) is 5.75 Å². The molecule has 21 heavy (non-hydrogen) atoms. The minimum atomic E-state index is -0.802. The predicted octanol–water partition coefficient (Wildman–Crippen LogP) is 2.97. The summed E-state index contributed by atoms with van der Waals surface area (Å²) in [6.07, 6.45) is 7.19. The van der Waals surface area contributed by atoms with Crippen LogP contribution >= 0.6 is 0 Å². The third-order valence-corrected chi connectivity index (χ3v) is 4.76. The van der Waals surface area contributed by atoms with Gasteiger partial charge in [0.05, 0.1) is 0 Å². The fourth-order valence-corrected chi connectivity index (χ4v) is 3.54. The van der Waals surface area contributed by atoms with E-state index < -0.39 is 5.60 Å². The lowest BCUT2D eigenvalue weighted by Crippen LogP contribution is -2.42. The molecule has 1 unspecified atom stereocenters. The summed E-state index contributed by atoms with van der Waals surface area (Å²) in [4.78, 5) is 2.41. The average Bonchev–Trinajstić information content (AvgIpc) is 2.89. The fraction of sp³-hybridized carbons (Fsp3) is 0.647. The quantitative estimate of drug-likeness (QED) is 0.926. The van der Waals surface area contributed by atoms with Gasteiger partial charge in [0.1, 0.15) is 23.8 Å². The van der Waals surface area contributed by atoms with Gasteiger partial charge in [0.25, 0.3) is 0 Å². The summed E-state index contributed by atoms with van der Waals surface area (Å²) in [5.74, 6) is 0.175. The van der Waals surface area contributed by atoms with Crippen LogP contribution in [0.4, 0.5) is 4.39 Å². The first kappa shape index (κ1) is 14.8. The van der Waals surface area contributed by atoms with Gasteiger partial charge in [-0.25, -0.2) is 4.39 Å². The van der Waals surface area contributed by atoms with E-state index in [4.69, 9.17) is 4.74 Å². The van der Waals surface area contributed by atoms with E-state index in [0.29, 0.717) is 18.3 Å². The lowest BCUT2D eigenvalue weighted by molar-refractivity contribution is -0.00125. The van der Waals surface area contributed by atoms with Crippen molar-refractivity contribution in [1.29, 1.82) is 0 Å². The molecule has 1 aromatic carbocycles. The Morgan fingerprint density at radius 1 is 1.29 bits per heavy atom. The smallest absolute Gasteiger partial charge is 0.126 e. The third-order valence-electron chi connectivity index (χ3n) is 4.76. The Labute approximate surface area is 125 Å². The summed E-state index contributed by atoms with van der Waals surface area (Å²) in [5, 5.41) is 10.7. The standard InChI is InChI=1S/C17H24FNO2/c18-14-5-4-8-16(11-14)21-13-17(20)9-10-19(12-17)15-6-2-1-3-7-15/h4-5,8,11,15,20H,1-3,6-7,9-10,12-13H2. The molecule has 0 aromatic heterocycles. The molecule has 1 N–H and O–H groups in total. The molecule has 1 aromatic rings. The van der Waals surface area contributed by atoms with Gasteiger partial charge in [-0.05, 0) is 31.4 Å². The highest BCUT2D eigenvalue weighted by atomic mass is 19.1. The van der Waals surface area contributed by atoms with Crippen LogP contribution in [0.15, 0.2) is 24.3 Å². The molecule has 4 heteroatoms. The molecule has 2 aliphatic rings. The van der Waals surface area contributed by atoms with Crippen molar-refractivity contribution in [2.24, 2.45) is 0 Å². The van der Waals surface area contributed by atoms with Crippen molar-refractivity contribution < 1.29 is 14.2 Å². The van der Waals surface area contributed by atoms with E-state index >= 15 is 0 Å². The number of benzene rings is 1. The summed E-state index contributed by atoms with van der Waals surface area (Å²) in [5.41, 5.74) is -0.802. The molecule has 0 radical (unpaired) electrons. The Balaban J connectivity index is 1.53. The summed E-state index contributed by atoms with van der Waals surface area (Å²) >= 11 is 0. The average molecular weight is 293 g/mol. The van der Waals surface area contributed by atoms with Crippen LogP contribution < -0.4 is 4.74 Å². The van der Waals surface area contributed by atoms with Gasteiger partial charge >= 0.3 is 0 Å². The summed E-state index contributed by atoms with van der Waals surface area (Å²) in [6.45, 7) is 1.85. The van der Waals surface area contributed by atoms with Crippen molar-refractivity contribution in [1.82, 2.24) is 4.90 Å². The fourth-order valence-electron chi connectivity index (χ4n) is 3.54. The van der Waals surface area contributed by atoms with Crippen molar-refractivity contribution in [3.8, 4) is 5.75 Å². The van der Waals surface area contributed by atoms with Crippen molar-refractivity contribution in [3.63, 3.8) is 0 Å². The van der Waals surface area contributed by atoms with E-state index in [2.05, 4.69) is 4.90 Å². The number of hydrogen-bond acceptors (Lipinski definition) is 3. The van der Waals surface area contributed by atoms with E-state index in [1.807, 2.05) is 0 Å². The number of halogens is 1. The highest BCUT2D eigenvalue weighted by molar-refractivity contribution is 5.22. The summed E-state index contributed by atoms with van der Waals surface area (Å²) in [7, 11) is 0. The minimum absolute atomic E-state index is 0.236. The number of ether oxygens (including phenoxy) is 1. The first-order valence-corrected chi connectivity index (χ1v) is 7.99. The van der Waals surface area contributed by atoms with E-state index in [1.54, 1.807) is 12.1 Å². The van der Waals surface area contributed by atoms with Crippen LogP contribution in [0.1, 0.15) is 38.5 Å². The van der Waals surface area contributed by atoms with Crippen molar-refractivity contribution in [2.45, 2.75) is 50.2 Å². The first-order chi connectivity index (χ1) is 10.1. The molecule has 0 amide bonds. The molecule has 3 rings (SSSR count). The molecular formula is C17H24FNO2. The van der Waals surface area contributed by atoms with Crippen LogP contribution in [0.25, 0.3) is 0 Å². The Bertz CT molecular complexity index is 476. The third kappa shape index (κ3) is 3.74. The zero-order valence-electron chi connectivity index (χ0n) is 12.4. The van der Waals surface area contributed by atoms with Gasteiger partial charge in [-0.1, -0.05) is 25.3 Å². The number of rotatable bonds is 4. The van der Waals surface area contributed by atoms with E-state index in [1.165, 1.54) is 44.2 Å². The lowest BCUT2D eigenvalue weighted by Gasteiger charge is -2.32. The van der Waals surface area contributed by atoms with Gasteiger partial charge in [0.2, 0.25) is 0 Å². The van der Waals surface area contributed by atoms with Gasteiger partial charge in [-0.15, -0.1) is 0 Å². The SMILES string of the molecule is OC1(COc2cccc(F)c2)CCN(C2CCCCC2)C1. The molecule has 2 fully saturated rings. The lowest BCUT2D eigenvalue weighted by atomic mass is 9.94. The number of nitrogens with zero attached hydrogens (tertiary/aromatic N) is 1. The second-order valence-electron chi connectivity index (χ2n) is 6.48. The van der Waals surface area contributed by atoms with Gasteiger partial charge in [0.15, 0.2) is 0 Å². The van der Waals surface area contributed by atoms with E-state index in [9.17, 15) is 9.50 Å². The number of hydrogen-bond donors (Lipinski definition) is 1. The zero-order chi connectivity index (χ0) is 14.7. The van der Waals surface area contributed by atoms with Gasteiger partial charge in [-0.3, -0.25) is 4.90 Å². The maximum absolute atomic E-state index is 13.1. The van der Waals surface area contributed by atoms with E-state index in [-0.39, 0.29) is 12.4 Å². The Morgan fingerprint density at radius 3 is 2.86 bits per heavy atom. The highest BCUT2D eigenvalue weighted by Gasteiger charge is 2.39. The molecule has 1 aliphatic carbocycles. The van der Waals surface area contributed by atoms with Crippen molar-refractivity contribution >= 4 is 0 Å². The molecule has 0 bridgehead atoms. The molecule has 116 valence electrons. The zero-order valence-corrected chi connectivity index (χ0v) is 12.4. The summed E-state index contributed by atoms with van der Waals surface area (Å²) < 4.78 is 18.7. The van der Waals surface area contributed by atoms with Gasteiger partial charge < -0.3 is 9.84 Å². The Kier molecular flexibility index (Phi) is 4.45. The maximum Gasteiger partial charge on any atom is 0.126 e. The molecule has 1 saturated heterocycles. The monoisotopic (exact) mass is 293 g/mol. The van der Waals surface area contributed by atoms with Gasteiger partial charge in [-0.2, -0.15) is 0 Å². The maximum atomic E-state index is 13.1. The predicted molar refractivity (Wildman–Crippen MR) is 79.9 cm³/mol. The number of likely N-dealkylation sites (tertiary alicyclic amines) is 1. The van der Waals surface area contributed by atoms with Crippen molar-refractivity contribution in [2.75, 3.05) is 19.7 Å². The first-order valence-electron chi connectivity index (χ1n) is 7.99. The molecule has 1 aliphatic heterocycles. The van der Waals surface area contributed by atoms with Gasteiger partial charge in [0, 0.05) is 25.2 Å². The molecule has 3 nitrogen and oxygen atoms in total. The number of β-amino-alcohol motifs (C(OH)–C–C–N with tert-alkyl or cyclic N) is 1. The normalized spacial score (nSPS) is 27.9. The van der Waals surface area contributed by atoms with Crippen molar-refractivity contribution in [3.05, 3.63) is 30.1 Å². The molecule has 1 heterocycles. The molecule has 1 saturated carbocycles. The van der Waals surface area contributed by atoms with E-state index in [0.717, 1.165) is 13.0 Å². The second kappa shape index (κ2) is 6.32. The Hall–Kier alpha value is -1.13. The number of aliphatic hydroxyl groups is 1. The minimum Gasteiger partial charge on any atom is -0.490 e. The molecule has 0 spiro atoms. The second-order valence-corrected chi connectivity index (χ2v) is 6.48. The highest BCUT2D eigenvalue weighted by Crippen LogP contribution is 2.30. The van der Waals surface area contributed by atoms with Crippen LogP contribution in [0.3, 0.4) is 0 Å². The largest absolute Gasteiger partial charge is 0.490 e. The molecule has 1 atom stereocenters. The Morgan fingerprint density at radius 2 is 2.10 bits per heavy atom. The van der Waals surface area contributed by atoms with Crippen LogP contribution in [0.2, 0.25) is 0 Å². The molecular weight excluding hydrogens is 269 g/mol. The van der Waals surface area contributed by atoms with Crippen LogP contribution in [-0.2, 0) is 0 Å². The summed E-state index contributed by atoms with van der Waals surface area (Å²) in [6, 6.07) is 6.72. The van der Waals surface area contributed by atoms with Crippen LogP contribution in [-0.4, -0.2) is 41.3 Å².